The number of benzene rings is 3. The first-order valence-corrected chi connectivity index (χ1v) is 13.1. The molecular formula is C26H25BrN2O2S. The van der Waals surface area contributed by atoms with E-state index in [-0.39, 0.29) is 12.0 Å². The van der Waals surface area contributed by atoms with Gasteiger partial charge in [-0.2, -0.15) is 0 Å². The Morgan fingerprint density at radius 2 is 1.78 bits per heavy atom. The second-order valence-electron chi connectivity index (χ2n) is 8.41. The van der Waals surface area contributed by atoms with Gasteiger partial charge in [-0.15, -0.1) is 0 Å². The monoisotopic (exact) mass is 508 g/mol. The number of halogens is 1. The zero-order chi connectivity index (χ0) is 22.1. The molecule has 3 atom stereocenters. The SMILES string of the molecule is O=S(=O)(NCCc1ccccc1)c1ccc2c(c1)C1C=CCC1C(c1ccc(Br)cc1)N2. The zero-order valence-electron chi connectivity index (χ0n) is 17.5. The van der Waals surface area contributed by atoms with E-state index in [9.17, 15) is 8.42 Å². The second kappa shape index (κ2) is 8.85. The second-order valence-corrected chi connectivity index (χ2v) is 11.1. The predicted octanol–water partition coefficient (Wildman–Crippen LogP) is 5.80. The Hall–Kier alpha value is -2.41. The Balaban J connectivity index is 1.38. The molecule has 1 aliphatic carbocycles. The molecule has 3 aromatic rings. The summed E-state index contributed by atoms with van der Waals surface area (Å²) in [7, 11) is -3.57. The minimum absolute atomic E-state index is 0.196. The van der Waals surface area contributed by atoms with E-state index in [0.717, 1.165) is 27.7 Å². The third-order valence-electron chi connectivity index (χ3n) is 6.42. The molecule has 3 unspecified atom stereocenters. The Morgan fingerprint density at radius 1 is 1.00 bits per heavy atom. The lowest BCUT2D eigenvalue weighted by atomic mass is 9.77. The van der Waals surface area contributed by atoms with Crippen LogP contribution in [0, 0.1) is 5.92 Å². The lowest BCUT2D eigenvalue weighted by molar-refractivity contribution is 0.425. The van der Waals surface area contributed by atoms with Gasteiger partial charge in [-0.3, -0.25) is 0 Å². The van der Waals surface area contributed by atoms with Crippen molar-refractivity contribution >= 4 is 31.6 Å². The summed E-state index contributed by atoms with van der Waals surface area (Å²) in [5.74, 6) is 0.576. The molecule has 0 spiro atoms. The smallest absolute Gasteiger partial charge is 0.240 e. The molecule has 5 rings (SSSR count). The van der Waals surface area contributed by atoms with E-state index in [4.69, 9.17) is 0 Å². The van der Waals surface area contributed by atoms with Crippen LogP contribution in [-0.2, 0) is 16.4 Å². The highest BCUT2D eigenvalue weighted by atomic mass is 79.9. The van der Waals surface area contributed by atoms with Crippen molar-refractivity contribution in [1.82, 2.24) is 4.72 Å². The molecule has 32 heavy (non-hydrogen) atoms. The van der Waals surface area contributed by atoms with Crippen LogP contribution in [0.15, 0.2) is 94.3 Å². The Morgan fingerprint density at radius 3 is 2.56 bits per heavy atom. The maximum absolute atomic E-state index is 13.0. The zero-order valence-corrected chi connectivity index (χ0v) is 19.9. The van der Waals surface area contributed by atoms with Gasteiger partial charge in [-0.05, 0) is 65.8 Å². The molecule has 0 bridgehead atoms. The number of sulfonamides is 1. The van der Waals surface area contributed by atoms with Crippen LogP contribution in [0.25, 0.3) is 0 Å². The molecule has 3 aromatic carbocycles. The first kappa shape index (κ1) is 21.4. The van der Waals surface area contributed by atoms with Gasteiger partial charge >= 0.3 is 0 Å². The quantitative estimate of drug-likeness (QED) is 0.413. The molecule has 1 heterocycles. The standard InChI is InChI=1S/C26H25BrN2O2S/c27-20-11-9-19(10-12-20)26-23-8-4-7-22(23)24-17-21(13-14-25(24)29-26)32(30,31)28-16-15-18-5-2-1-3-6-18/h1-7,9-14,17,22-23,26,28-29H,8,15-16H2. The van der Waals surface area contributed by atoms with E-state index >= 15 is 0 Å². The minimum Gasteiger partial charge on any atom is -0.378 e. The van der Waals surface area contributed by atoms with Gasteiger partial charge in [0.25, 0.3) is 0 Å². The van der Waals surface area contributed by atoms with Crippen LogP contribution in [0.4, 0.5) is 5.69 Å². The van der Waals surface area contributed by atoms with E-state index in [0.29, 0.717) is 23.8 Å². The number of hydrogen-bond donors (Lipinski definition) is 2. The fourth-order valence-electron chi connectivity index (χ4n) is 4.80. The summed E-state index contributed by atoms with van der Waals surface area (Å²) in [5, 5.41) is 3.68. The third-order valence-corrected chi connectivity index (χ3v) is 8.41. The van der Waals surface area contributed by atoms with Crippen molar-refractivity contribution < 1.29 is 8.42 Å². The Bertz CT molecular complexity index is 1240. The summed E-state index contributed by atoms with van der Waals surface area (Å²) in [4.78, 5) is 0.326. The lowest BCUT2D eigenvalue weighted by Gasteiger charge is -2.37. The first-order valence-electron chi connectivity index (χ1n) is 10.9. The maximum atomic E-state index is 13.0. The van der Waals surface area contributed by atoms with Crippen molar-refractivity contribution in [3.63, 3.8) is 0 Å². The van der Waals surface area contributed by atoms with E-state index in [2.05, 4.69) is 62.4 Å². The summed E-state index contributed by atoms with van der Waals surface area (Å²) in [6.45, 7) is 0.374. The molecule has 0 aromatic heterocycles. The number of allylic oxidation sites excluding steroid dienone is 2. The minimum atomic E-state index is -3.57. The molecule has 0 amide bonds. The average molecular weight is 509 g/mol. The van der Waals surface area contributed by atoms with Gasteiger partial charge in [0.15, 0.2) is 0 Å². The van der Waals surface area contributed by atoms with Gasteiger partial charge in [-0.25, -0.2) is 13.1 Å². The number of anilines is 1. The summed E-state index contributed by atoms with van der Waals surface area (Å²) in [5.41, 5.74) is 4.43. The number of hydrogen-bond acceptors (Lipinski definition) is 3. The normalized spacial score (nSPS) is 21.6. The van der Waals surface area contributed by atoms with Gasteiger partial charge in [-0.1, -0.05) is 70.5 Å². The van der Waals surface area contributed by atoms with E-state index in [1.54, 1.807) is 6.07 Å². The summed E-state index contributed by atoms with van der Waals surface area (Å²) in [6.07, 6.45) is 6.09. The van der Waals surface area contributed by atoms with Crippen molar-refractivity contribution in [1.29, 1.82) is 0 Å². The van der Waals surface area contributed by atoms with Crippen molar-refractivity contribution in [2.24, 2.45) is 5.92 Å². The van der Waals surface area contributed by atoms with Crippen LogP contribution in [0.2, 0.25) is 0 Å². The number of fused-ring (bicyclic) bond motifs is 3. The Labute approximate surface area is 197 Å². The largest absolute Gasteiger partial charge is 0.378 e. The van der Waals surface area contributed by atoms with E-state index in [1.165, 1.54) is 5.56 Å². The van der Waals surface area contributed by atoms with Crippen molar-refractivity contribution in [2.45, 2.75) is 29.7 Å². The fourth-order valence-corrected chi connectivity index (χ4v) is 6.13. The van der Waals surface area contributed by atoms with Gasteiger partial charge in [0.2, 0.25) is 10.0 Å². The molecular weight excluding hydrogens is 484 g/mol. The molecule has 0 saturated heterocycles. The molecule has 2 N–H and O–H groups in total. The van der Waals surface area contributed by atoms with Crippen molar-refractivity contribution in [2.75, 3.05) is 11.9 Å². The molecule has 0 fully saturated rings. The van der Waals surface area contributed by atoms with E-state index in [1.807, 2.05) is 42.5 Å². The molecule has 1 aliphatic heterocycles. The molecule has 0 saturated carbocycles. The first-order chi connectivity index (χ1) is 15.5. The van der Waals surface area contributed by atoms with Gasteiger partial charge < -0.3 is 5.32 Å². The summed E-state index contributed by atoms with van der Waals surface area (Å²) >= 11 is 3.51. The van der Waals surface area contributed by atoms with Crippen LogP contribution in [0.3, 0.4) is 0 Å². The molecule has 164 valence electrons. The van der Waals surface area contributed by atoms with Crippen LogP contribution in [-0.4, -0.2) is 15.0 Å². The summed E-state index contributed by atoms with van der Waals surface area (Å²) < 4.78 is 29.8. The van der Waals surface area contributed by atoms with Crippen molar-refractivity contribution in [3.8, 4) is 0 Å². The topological polar surface area (TPSA) is 58.2 Å². The maximum Gasteiger partial charge on any atom is 0.240 e. The van der Waals surface area contributed by atoms with Crippen LogP contribution >= 0.6 is 15.9 Å². The molecule has 2 aliphatic rings. The van der Waals surface area contributed by atoms with Crippen molar-refractivity contribution in [3.05, 3.63) is 106 Å². The highest BCUT2D eigenvalue weighted by Gasteiger charge is 2.38. The predicted molar refractivity (Wildman–Crippen MR) is 132 cm³/mol. The van der Waals surface area contributed by atoms with Crippen LogP contribution in [0.5, 0.6) is 0 Å². The molecule has 0 radical (unpaired) electrons. The highest BCUT2D eigenvalue weighted by Crippen LogP contribution is 2.50. The number of nitrogens with one attached hydrogen (secondary N) is 2. The molecule has 6 heteroatoms. The van der Waals surface area contributed by atoms with Gasteiger partial charge in [0, 0.05) is 22.6 Å². The third kappa shape index (κ3) is 4.27. The highest BCUT2D eigenvalue weighted by molar-refractivity contribution is 9.10. The van der Waals surface area contributed by atoms with Crippen LogP contribution < -0.4 is 10.0 Å². The number of rotatable bonds is 6. The van der Waals surface area contributed by atoms with Gasteiger partial charge in [0.05, 0.1) is 10.9 Å². The lowest BCUT2D eigenvalue weighted by Crippen LogP contribution is -2.30. The Kier molecular flexibility index (Phi) is 5.93. The summed E-state index contributed by atoms with van der Waals surface area (Å²) in [6, 6.07) is 24.0. The fraction of sp³-hybridized carbons (Fsp3) is 0.231. The van der Waals surface area contributed by atoms with Gasteiger partial charge in [0.1, 0.15) is 0 Å². The van der Waals surface area contributed by atoms with E-state index < -0.39 is 10.0 Å². The average Bonchev–Trinajstić information content (AvgIpc) is 3.30. The van der Waals surface area contributed by atoms with Crippen LogP contribution in [0.1, 0.15) is 35.1 Å². The molecule has 4 nitrogen and oxygen atoms in total.